The van der Waals surface area contributed by atoms with Gasteiger partial charge in [-0.15, -0.1) is 0 Å². The van der Waals surface area contributed by atoms with Crippen LogP contribution in [0.2, 0.25) is 0 Å². The summed E-state index contributed by atoms with van der Waals surface area (Å²) in [6.45, 7) is 5.68. The Balaban J connectivity index is 2.24. The van der Waals surface area contributed by atoms with Gasteiger partial charge in [0.25, 0.3) is 0 Å². The van der Waals surface area contributed by atoms with Crippen molar-refractivity contribution < 1.29 is 4.39 Å². The number of hydrogen-bond acceptors (Lipinski definition) is 2. The SMILES string of the molecule is Cc1ccc(C(CN)N2CCCCCC2C)cc1F. The Hall–Kier alpha value is -0.930. The predicted molar refractivity (Wildman–Crippen MR) is 77.6 cm³/mol. The molecule has 1 saturated heterocycles. The summed E-state index contributed by atoms with van der Waals surface area (Å²) in [5.74, 6) is -0.126. The number of aryl methyl sites for hydroxylation is 1. The predicted octanol–water partition coefficient (Wildman–Crippen LogP) is 3.40. The molecule has 0 saturated carbocycles. The first kappa shape index (κ1) is 14.5. The second-order valence-corrected chi connectivity index (χ2v) is 5.70. The van der Waals surface area contributed by atoms with Gasteiger partial charge in [-0.1, -0.05) is 25.0 Å². The van der Waals surface area contributed by atoms with Crippen LogP contribution in [0.25, 0.3) is 0 Å². The summed E-state index contributed by atoms with van der Waals surface area (Å²) in [5.41, 5.74) is 7.68. The standard InChI is InChI=1S/C16H25FN2/c1-12-7-8-14(10-15(12)17)16(11-18)19-9-5-3-4-6-13(19)2/h7-8,10,13,16H,3-6,9,11,18H2,1-2H3. The molecule has 1 fully saturated rings. The van der Waals surface area contributed by atoms with Gasteiger partial charge in [-0.25, -0.2) is 4.39 Å². The minimum absolute atomic E-state index is 0.126. The van der Waals surface area contributed by atoms with Crippen molar-refractivity contribution in [1.29, 1.82) is 0 Å². The average Bonchev–Trinajstić information content (AvgIpc) is 2.60. The van der Waals surface area contributed by atoms with Crippen molar-refractivity contribution in [2.75, 3.05) is 13.1 Å². The lowest BCUT2D eigenvalue weighted by molar-refractivity contribution is 0.150. The van der Waals surface area contributed by atoms with Gasteiger partial charge in [0.2, 0.25) is 0 Å². The summed E-state index contributed by atoms with van der Waals surface area (Å²) in [7, 11) is 0. The van der Waals surface area contributed by atoms with Gasteiger partial charge in [-0.05, 0) is 50.4 Å². The Labute approximate surface area is 115 Å². The van der Waals surface area contributed by atoms with Crippen molar-refractivity contribution in [3.63, 3.8) is 0 Å². The maximum absolute atomic E-state index is 13.8. The molecule has 0 radical (unpaired) electrons. The topological polar surface area (TPSA) is 29.3 Å². The fourth-order valence-corrected chi connectivity index (χ4v) is 3.04. The molecule has 1 heterocycles. The van der Waals surface area contributed by atoms with Gasteiger partial charge < -0.3 is 5.73 Å². The molecule has 106 valence electrons. The number of nitrogens with zero attached hydrogens (tertiary/aromatic N) is 1. The summed E-state index contributed by atoms with van der Waals surface area (Å²) in [4.78, 5) is 2.46. The van der Waals surface area contributed by atoms with Crippen LogP contribution in [-0.4, -0.2) is 24.0 Å². The first-order valence-corrected chi connectivity index (χ1v) is 7.35. The van der Waals surface area contributed by atoms with Gasteiger partial charge in [0.15, 0.2) is 0 Å². The molecule has 1 aliphatic heterocycles. The number of nitrogens with two attached hydrogens (primary N) is 1. The van der Waals surface area contributed by atoms with E-state index >= 15 is 0 Å². The minimum atomic E-state index is -0.126. The third-order valence-corrected chi connectivity index (χ3v) is 4.31. The van der Waals surface area contributed by atoms with Gasteiger partial charge >= 0.3 is 0 Å². The van der Waals surface area contributed by atoms with Crippen LogP contribution in [0.15, 0.2) is 18.2 Å². The molecule has 0 amide bonds. The maximum Gasteiger partial charge on any atom is 0.126 e. The first-order chi connectivity index (χ1) is 9.13. The fourth-order valence-electron chi connectivity index (χ4n) is 3.04. The van der Waals surface area contributed by atoms with Crippen LogP contribution in [0.1, 0.15) is 49.8 Å². The van der Waals surface area contributed by atoms with Gasteiger partial charge in [-0.3, -0.25) is 4.90 Å². The zero-order valence-electron chi connectivity index (χ0n) is 12.0. The van der Waals surface area contributed by atoms with Crippen molar-refractivity contribution in [2.45, 2.75) is 51.6 Å². The summed E-state index contributed by atoms with van der Waals surface area (Å²) in [6.07, 6.45) is 5.01. The van der Waals surface area contributed by atoms with Crippen LogP contribution in [-0.2, 0) is 0 Å². The summed E-state index contributed by atoms with van der Waals surface area (Å²) in [5, 5.41) is 0. The zero-order valence-corrected chi connectivity index (χ0v) is 12.0. The molecule has 1 aromatic carbocycles. The summed E-state index contributed by atoms with van der Waals surface area (Å²) < 4.78 is 13.8. The van der Waals surface area contributed by atoms with Gasteiger partial charge in [0.1, 0.15) is 5.82 Å². The van der Waals surface area contributed by atoms with Crippen molar-refractivity contribution in [2.24, 2.45) is 5.73 Å². The van der Waals surface area contributed by atoms with Gasteiger partial charge in [-0.2, -0.15) is 0 Å². The van der Waals surface area contributed by atoms with E-state index in [2.05, 4.69) is 11.8 Å². The van der Waals surface area contributed by atoms with Crippen LogP contribution in [0, 0.1) is 12.7 Å². The quantitative estimate of drug-likeness (QED) is 0.906. The van der Waals surface area contributed by atoms with E-state index in [1.165, 1.54) is 25.7 Å². The van der Waals surface area contributed by atoms with Crippen molar-refractivity contribution in [1.82, 2.24) is 4.90 Å². The van der Waals surface area contributed by atoms with Crippen LogP contribution in [0.4, 0.5) is 4.39 Å². The Morgan fingerprint density at radius 1 is 1.37 bits per heavy atom. The third kappa shape index (κ3) is 3.34. The van der Waals surface area contributed by atoms with E-state index in [0.717, 1.165) is 12.1 Å². The highest BCUT2D eigenvalue weighted by Gasteiger charge is 2.25. The number of rotatable bonds is 3. The lowest BCUT2D eigenvalue weighted by atomic mass is 10.0. The van der Waals surface area contributed by atoms with Crippen molar-refractivity contribution in [3.8, 4) is 0 Å². The highest BCUT2D eigenvalue weighted by Crippen LogP contribution is 2.28. The van der Waals surface area contributed by atoms with E-state index in [1.54, 1.807) is 13.0 Å². The molecule has 0 spiro atoms. The average molecular weight is 264 g/mol. The number of likely N-dealkylation sites (tertiary alicyclic amines) is 1. The molecule has 2 nitrogen and oxygen atoms in total. The molecule has 1 aliphatic rings. The lowest BCUT2D eigenvalue weighted by Crippen LogP contribution is -2.39. The van der Waals surface area contributed by atoms with Crippen LogP contribution in [0.3, 0.4) is 0 Å². The number of halogens is 1. The molecule has 2 atom stereocenters. The van der Waals surface area contributed by atoms with Crippen LogP contribution in [0.5, 0.6) is 0 Å². The fraction of sp³-hybridized carbons (Fsp3) is 0.625. The molecule has 2 unspecified atom stereocenters. The zero-order chi connectivity index (χ0) is 13.8. The molecule has 0 aromatic heterocycles. The number of hydrogen-bond donors (Lipinski definition) is 1. The van der Waals surface area contributed by atoms with Gasteiger partial charge in [0, 0.05) is 18.6 Å². The summed E-state index contributed by atoms with van der Waals surface area (Å²) in [6, 6.07) is 6.21. The highest BCUT2D eigenvalue weighted by molar-refractivity contribution is 5.26. The number of benzene rings is 1. The van der Waals surface area contributed by atoms with E-state index in [0.29, 0.717) is 18.2 Å². The van der Waals surface area contributed by atoms with E-state index in [4.69, 9.17) is 5.73 Å². The van der Waals surface area contributed by atoms with E-state index < -0.39 is 0 Å². The molecular formula is C16H25FN2. The molecule has 1 aromatic rings. The first-order valence-electron chi connectivity index (χ1n) is 7.35. The summed E-state index contributed by atoms with van der Waals surface area (Å²) >= 11 is 0. The van der Waals surface area contributed by atoms with E-state index in [1.807, 2.05) is 12.1 Å². The van der Waals surface area contributed by atoms with Crippen LogP contribution >= 0.6 is 0 Å². The minimum Gasteiger partial charge on any atom is -0.329 e. The monoisotopic (exact) mass is 264 g/mol. The Bertz CT molecular complexity index is 419. The Kier molecular flexibility index (Phi) is 4.94. The van der Waals surface area contributed by atoms with Crippen LogP contribution < -0.4 is 5.73 Å². The van der Waals surface area contributed by atoms with Gasteiger partial charge in [0.05, 0.1) is 0 Å². The Morgan fingerprint density at radius 3 is 2.84 bits per heavy atom. The molecule has 2 rings (SSSR count). The third-order valence-electron chi connectivity index (χ3n) is 4.31. The maximum atomic E-state index is 13.8. The highest BCUT2D eigenvalue weighted by atomic mass is 19.1. The van der Waals surface area contributed by atoms with Crippen molar-refractivity contribution >= 4 is 0 Å². The van der Waals surface area contributed by atoms with E-state index in [-0.39, 0.29) is 11.9 Å². The molecule has 0 bridgehead atoms. The molecule has 0 aliphatic carbocycles. The molecule has 2 N–H and O–H groups in total. The second-order valence-electron chi connectivity index (χ2n) is 5.70. The molecule has 19 heavy (non-hydrogen) atoms. The molecular weight excluding hydrogens is 239 g/mol. The van der Waals surface area contributed by atoms with Crippen molar-refractivity contribution in [3.05, 3.63) is 35.1 Å². The second kappa shape index (κ2) is 6.49. The smallest absolute Gasteiger partial charge is 0.126 e. The van der Waals surface area contributed by atoms with E-state index in [9.17, 15) is 4.39 Å². The lowest BCUT2D eigenvalue weighted by Gasteiger charge is -2.35. The molecule has 3 heteroatoms. The normalized spacial score (nSPS) is 23.1. The Morgan fingerprint density at radius 2 is 2.16 bits per heavy atom. The largest absolute Gasteiger partial charge is 0.329 e.